The molecule has 0 saturated carbocycles. The molecule has 0 aromatic carbocycles. The molecular weight excluding hydrogens is 238 g/mol. The number of hydrogen-bond donors (Lipinski definition) is 1. The van der Waals surface area contributed by atoms with Gasteiger partial charge in [0, 0.05) is 30.3 Å². The van der Waals surface area contributed by atoms with Crippen LogP contribution in [-0.2, 0) is 0 Å². The lowest BCUT2D eigenvalue weighted by molar-refractivity contribution is 0.101. The van der Waals surface area contributed by atoms with Gasteiger partial charge in [-0.1, -0.05) is 11.8 Å². The highest BCUT2D eigenvalue weighted by Crippen LogP contribution is 2.22. The number of carbonyl (C=O) groups excluding carboxylic acids is 1. The van der Waals surface area contributed by atoms with Crippen LogP contribution in [0.2, 0.25) is 0 Å². The number of aromatic amines is 1. The third-order valence-corrected chi connectivity index (χ3v) is 2.84. The van der Waals surface area contributed by atoms with E-state index in [0.29, 0.717) is 10.9 Å². The maximum absolute atomic E-state index is 11.1. The van der Waals surface area contributed by atoms with Gasteiger partial charge in [0.05, 0.1) is 0 Å². The van der Waals surface area contributed by atoms with Crippen molar-refractivity contribution in [3.8, 4) is 0 Å². The minimum absolute atomic E-state index is 0.0761. The Kier molecular flexibility index (Phi) is 3.34. The Bertz CT molecular complexity index is 592. The molecule has 6 heteroatoms. The van der Waals surface area contributed by atoms with Crippen LogP contribution in [0.25, 0.3) is 0 Å². The number of nitrogens with zero attached hydrogens (tertiary/aromatic N) is 2. The number of pyridine rings is 1. The topological polar surface area (TPSA) is 75.7 Å². The summed E-state index contributed by atoms with van der Waals surface area (Å²) in [5.41, 5.74) is 0.222. The van der Waals surface area contributed by atoms with Crippen LogP contribution in [-0.4, -0.2) is 20.7 Å². The SMILES string of the molecule is CC(=O)c1ccc(Sc2nccc(=O)[nH]2)cn1. The van der Waals surface area contributed by atoms with Crippen LogP contribution in [0, 0.1) is 0 Å². The molecule has 0 fully saturated rings. The largest absolute Gasteiger partial charge is 0.301 e. The molecule has 0 radical (unpaired) electrons. The fourth-order valence-corrected chi connectivity index (χ4v) is 1.89. The van der Waals surface area contributed by atoms with Crippen LogP contribution < -0.4 is 5.56 Å². The van der Waals surface area contributed by atoms with E-state index in [1.807, 2.05) is 0 Å². The third kappa shape index (κ3) is 3.01. The molecule has 2 aromatic rings. The standard InChI is InChI=1S/C11H9N3O2S/c1-7(15)9-3-2-8(6-13-9)17-11-12-5-4-10(16)14-11/h2-6H,1H3,(H,12,14,16). The summed E-state index contributed by atoms with van der Waals surface area (Å²) in [5, 5.41) is 0.495. The highest BCUT2D eigenvalue weighted by atomic mass is 32.2. The van der Waals surface area contributed by atoms with Crippen molar-refractivity contribution in [2.24, 2.45) is 0 Å². The molecule has 0 aliphatic carbocycles. The fourth-order valence-electron chi connectivity index (χ4n) is 1.16. The van der Waals surface area contributed by atoms with Gasteiger partial charge in [-0.3, -0.25) is 14.6 Å². The summed E-state index contributed by atoms with van der Waals surface area (Å²) in [6.07, 6.45) is 3.02. The smallest absolute Gasteiger partial charge is 0.251 e. The number of H-pyrrole nitrogens is 1. The van der Waals surface area contributed by atoms with Crippen molar-refractivity contribution < 1.29 is 4.79 Å². The van der Waals surface area contributed by atoms with Gasteiger partial charge in [-0.05, 0) is 12.1 Å². The molecule has 2 aromatic heterocycles. The third-order valence-electron chi connectivity index (χ3n) is 1.96. The zero-order valence-corrected chi connectivity index (χ0v) is 9.82. The van der Waals surface area contributed by atoms with E-state index in [1.165, 1.54) is 30.9 Å². The zero-order chi connectivity index (χ0) is 12.3. The molecule has 0 spiro atoms. The average Bonchev–Trinajstić information content (AvgIpc) is 2.29. The number of nitrogens with one attached hydrogen (secondary N) is 1. The number of rotatable bonds is 3. The van der Waals surface area contributed by atoms with Crippen LogP contribution in [0.15, 0.2) is 45.4 Å². The van der Waals surface area contributed by atoms with Crippen LogP contribution in [0.4, 0.5) is 0 Å². The molecular formula is C11H9N3O2S. The minimum Gasteiger partial charge on any atom is -0.301 e. The Hall–Kier alpha value is -1.95. The Morgan fingerprint density at radius 2 is 2.12 bits per heavy atom. The second-order valence-corrected chi connectivity index (χ2v) is 4.34. The molecule has 0 amide bonds. The Morgan fingerprint density at radius 1 is 1.29 bits per heavy atom. The molecule has 0 aliphatic heterocycles. The molecule has 0 bridgehead atoms. The predicted octanol–water partition coefficient (Wildman–Crippen LogP) is 1.52. The molecule has 86 valence electrons. The molecule has 0 saturated heterocycles. The first-order chi connectivity index (χ1) is 8.15. The minimum atomic E-state index is -0.198. The highest BCUT2D eigenvalue weighted by molar-refractivity contribution is 7.99. The molecule has 5 nitrogen and oxygen atoms in total. The van der Waals surface area contributed by atoms with Gasteiger partial charge in [0.25, 0.3) is 5.56 Å². The summed E-state index contributed by atoms with van der Waals surface area (Å²) in [4.78, 5) is 33.5. The van der Waals surface area contributed by atoms with Gasteiger partial charge in [0.2, 0.25) is 0 Å². The number of carbonyl (C=O) groups is 1. The van der Waals surface area contributed by atoms with E-state index < -0.39 is 0 Å². The Morgan fingerprint density at radius 3 is 2.71 bits per heavy atom. The lowest BCUT2D eigenvalue weighted by Crippen LogP contribution is -2.05. The van der Waals surface area contributed by atoms with Crippen LogP contribution >= 0.6 is 11.8 Å². The van der Waals surface area contributed by atoms with Gasteiger partial charge in [-0.25, -0.2) is 4.98 Å². The molecule has 2 rings (SSSR count). The summed E-state index contributed by atoms with van der Waals surface area (Å²) in [6, 6.07) is 4.76. The van der Waals surface area contributed by atoms with Crippen LogP contribution in [0.1, 0.15) is 17.4 Å². The van der Waals surface area contributed by atoms with Gasteiger partial charge in [0.15, 0.2) is 10.9 Å². The summed E-state index contributed by atoms with van der Waals surface area (Å²) in [5.74, 6) is -0.0761. The molecule has 1 N–H and O–H groups in total. The van der Waals surface area contributed by atoms with Gasteiger partial charge >= 0.3 is 0 Å². The van der Waals surface area contributed by atoms with Crippen molar-refractivity contribution in [3.63, 3.8) is 0 Å². The van der Waals surface area contributed by atoms with Gasteiger partial charge in [-0.2, -0.15) is 0 Å². The van der Waals surface area contributed by atoms with Crippen molar-refractivity contribution in [2.75, 3.05) is 0 Å². The average molecular weight is 247 g/mol. The summed E-state index contributed by atoms with van der Waals surface area (Å²) < 4.78 is 0. The zero-order valence-electron chi connectivity index (χ0n) is 9.01. The number of hydrogen-bond acceptors (Lipinski definition) is 5. The summed E-state index contributed by atoms with van der Waals surface area (Å²) >= 11 is 1.28. The predicted molar refractivity (Wildman–Crippen MR) is 63.2 cm³/mol. The van der Waals surface area contributed by atoms with Gasteiger partial charge < -0.3 is 4.98 Å². The molecule has 2 heterocycles. The van der Waals surface area contributed by atoms with Crippen molar-refractivity contribution in [2.45, 2.75) is 17.0 Å². The van der Waals surface area contributed by atoms with E-state index in [-0.39, 0.29) is 11.3 Å². The van der Waals surface area contributed by atoms with Crippen molar-refractivity contribution in [1.29, 1.82) is 0 Å². The summed E-state index contributed by atoms with van der Waals surface area (Å²) in [7, 11) is 0. The van der Waals surface area contributed by atoms with Crippen LogP contribution in [0.3, 0.4) is 0 Å². The monoisotopic (exact) mass is 247 g/mol. The lowest BCUT2D eigenvalue weighted by atomic mass is 10.3. The first kappa shape index (κ1) is 11.5. The van der Waals surface area contributed by atoms with Gasteiger partial charge in [0.1, 0.15) is 5.69 Å². The quantitative estimate of drug-likeness (QED) is 0.657. The Balaban J connectivity index is 2.19. The Labute approximate surface area is 101 Å². The van der Waals surface area contributed by atoms with E-state index in [4.69, 9.17) is 0 Å². The summed E-state index contributed by atoms with van der Waals surface area (Å²) in [6.45, 7) is 1.46. The van der Waals surface area contributed by atoms with Crippen LogP contribution in [0.5, 0.6) is 0 Å². The van der Waals surface area contributed by atoms with E-state index in [0.717, 1.165) is 4.90 Å². The number of ketones is 1. The normalized spacial score (nSPS) is 10.2. The number of Topliss-reactive ketones (excluding diaryl/α,β-unsaturated/α-hetero) is 1. The molecule has 0 atom stereocenters. The fraction of sp³-hybridized carbons (Fsp3) is 0.0909. The van der Waals surface area contributed by atoms with Crippen molar-refractivity contribution in [1.82, 2.24) is 15.0 Å². The molecule has 17 heavy (non-hydrogen) atoms. The molecule has 0 unspecified atom stereocenters. The van der Waals surface area contributed by atoms with E-state index >= 15 is 0 Å². The van der Waals surface area contributed by atoms with Gasteiger partial charge in [-0.15, -0.1) is 0 Å². The van der Waals surface area contributed by atoms with E-state index in [1.54, 1.807) is 18.3 Å². The lowest BCUT2D eigenvalue weighted by Gasteiger charge is -2.00. The number of aromatic nitrogens is 3. The first-order valence-corrected chi connectivity index (χ1v) is 5.67. The molecule has 0 aliphatic rings. The maximum Gasteiger partial charge on any atom is 0.251 e. The van der Waals surface area contributed by atoms with E-state index in [9.17, 15) is 9.59 Å². The van der Waals surface area contributed by atoms with Crippen molar-refractivity contribution in [3.05, 3.63) is 46.6 Å². The van der Waals surface area contributed by atoms with E-state index in [2.05, 4.69) is 15.0 Å². The second-order valence-electron chi connectivity index (χ2n) is 3.28. The maximum atomic E-state index is 11.1. The van der Waals surface area contributed by atoms with Crippen molar-refractivity contribution >= 4 is 17.5 Å². The first-order valence-electron chi connectivity index (χ1n) is 4.85. The second kappa shape index (κ2) is 4.92. The highest BCUT2D eigenvalue weighted by Gasteiger charge is 2.03.